The monoisotopic (exact) mass is 256 g/mol. The largest absolute Gasteiger partial charge is 0.344 e. The molecule has 0 aromatic heterocycles. The fourth-order valence-corrected chi connectivity index (χ4v) is 2.65. The average molecular weight is 256 g/mol. The standard InChI is InChI=1S/C13H28N4O/c1-13(2)9-16(5)12(18)11(8-14)17(10-13)7-6-15(3)4/h11H,6-10,14H2,1-5H3. The fourth-order valence-electron chi connectivity index (χ4n) is 2.65. The summed E-state index contributed by atoms with van der Waals surface area (Å²) in [7, 11) is 5.98. The first kappa shape index (κ1) is 15.4. The Morgan fingerprint density at radius 1 is 1.39 bits per heavy atom. The molecule has 18 heavy (non-hydrogen) atoms. The summed E-state index contributed by atoms with van der Waals surface area (Å²) in [5.74, 6) is 0.154. The zero-order valence-electron chi connectivity index (χ0n) is 12.4. The minimum absolute atomic E-state index is 0.112. The van der Waals surface area contributed by atoms with Crippen LogP contribution in [0.1, 0.15) is 13.8 Å². The van der Waals surface area contributed by atoms with Crippen molar-refractivity contribution in [3.63, 3.8) is 0 Å². The Bertz CT molecular complexity index is 291. The van der Waals surface area contributed by atoms with Crippen LogP contribution < -0.4 is 5.73 Å². The Hall–Kier alpha value is -0.650. The number of rotatable bonds is 4. The van der Waals surface area contributed by atoms with Gasteiger partial charge in [-0.3, -0.25) is 9.69 Å². The molecule has 1 saturated heterocycles. The fraction of sp³-hybridized carbons (Fsp3) is 0.923. The molecular weight excluding hydrogens is 228 g/mol. The van der Waals surface area contributed by atoms with E-state index in [-0.39, 0.29) is 17.4 Å². The van der Waals surface area contributed by atoms with E-state index < -0.39 is 0 Å². The molecule has 1 aliphatic heterocycles. The van der Waals surface area contributed by atoms with Crippen molar-refractivity contribution in [2.45, 2.75) is 19.9 Å². The van der Waals surface area contributed by atoms with E-state index in [0.717, 1.165) is 26.2 Å². The second-order valence-corrected chi connectivity index (χ2v) is 6.38. The number of amides is 1. The number of carbonyl (C=O) groups excluding carboxylic acids is 1. The van der Waals surface area contributed by atoms with E-state index in [2.05, 4.69) is 23.6 Å². The summed E-state index contributed by atoms with van der Waals surface area (Å²) < 4.78 is 0. The van der Waals surface area contributed by atoms with Gasteiger partial charge in [-0.2, -0.15) is 0 Å². The van der Waals surface area contributed by atoms with Gasteiger partial charge in [-0.25, -0.2) is 0 Å². The van der Waals surface area contributed by atoms with E-state index in [1.165, 1.54) is 0 Å². The third-order valence-electron chi connectivity index (χ3n) is 3.46. The van der Waals surface area contributed by atoms with Crippen LogP contribution in [0.5, 0.6) is 0 Å². The highest BCUT2D eigenvalue weighted by Gasteiger charge is 2.37. The molecule has 0 bridgehead atoms. The van der Waals surface area contributed by atoms with Crippen LogP contribution in [0, 0.1) is 5.41 Å². The number of nitrogens with zero attached hydrogens (tertiary/aromatic N) is 3. The molecule has 0 aromatic rings. The molecule has 1 amide bonds. The molecule has 5 nitrogen and oxygen atoms in total. The summed E-state index contributed by atoms with van der Waals surface area (Å²) in [6.45, 7) is 8.35. The van der Waals surface area contributed by atoms with Gasteiger partial charge < -0.3 is 15.5 Å². The topological polar surface area (TPSA) is 52.8 Å². The highest BCUT2D eigenvalue weighted by Crippen LogP contribution is 2.24. The molecule has 1 unspecified atom stereocenters. The summed E-state index contributed by atoms with van der Waals surface area (Å²) in [6.07, 6.45) is 0. The van der Waals surface area contributed by atoms with E-state index >= 15 is 0 Å². The van der Waals surface area contributed by atoms with E-state index in [0.29, 0.717) is 6.54 Å². The molecule has 1 aliphatic rings. The predicted molar refractivity (Wildman–Crippen MR) is 74.4 cm³/mol. The molecule has 0 aromatic carbocycles. The van der Waals surface area contributed by atoms with Gasteiger partial charge in [0.25, 0.3) is 0 Å². The predicted octanol–water partition coefficient (Wildman–Crippen LogP) is -0.324. The lowest BCUT2D eigenvalue weighted by atomic mass is 9.92. The molecule has 2 N–H and O–H groups in total. The first-order valence-corrected chi connectivity index (χ1v) is 6.60. The number of hydrogen-bond donors (Lipinski definition) is 1. The molecular formula is C13H28N4O. The van der Waals surface area contributed by atoms with E-state index in [1.807, 2.05) is 26.0 Å². The van der Waals surface area contributed by atoms with Crippen LogP contribution in [-0.2, 0) is 4.79 Å². The molecule has 1 fully saturated rings. The van der Waals surface area contributed by atoms with Gasteiger partial charge in [0.2, 0.25) is 5.91 Å². The van der Waals surface area contributed by atoms with Gasteiger partial charge in [0.15, 0.2) is 0 Å². The van der Waals surface area contributed by atoms with Crippen molar-refractivity contribution < 1.29 is 4.79 Å². The van der Waals surface area contributed by atoms with Gasteiger partial charge in [-0.1, -0.05) is 13.8 Å². The number of hydrogen-bond acceptors (Lipinski definition) is 4. The van der Waals surface area contributed by atoms with Gasteiger partial charge >= 0.3 is 0 Å². The van der Waals surface area contributed by atoms with Gasteiger partial charge in [-0.05, 0) is 19.5 Å². The van der Waals surface area contributed by atoms with Gasteiger partial charge in [-0.15, -0.1) is 0 Å². The van der Waals surface area contributed by atoms with Crippen LogP contribution in [0.4, 0.5) is 0 Å². The number of likely N-dealkylation sites (N-methyl/N-ethyl adjacent to an activating group) is 2. The van der Waals surface area contributed by atoms with Crippen molar-refractivity contribution in [2.75, 3.05) is 53.9 Å². The minimum atomic E-state index is -0.170. The molecule has 0 radical (unpaired) electrons. The second-order valence-electron chi connectivity index (χ2n) is 6.38. The average Bonchev–Trinajstić information content (AvgIpc) is 2.32. The summed E-state index contributed by atoms with van der Waals surface area (Å²) in [5, 5.41) is 0. The molecule has 0 saturated carbocycles. The van der Waals surface area contributed by atoms with E-state index in [1.54, 1.807) is 0 Å². The van der Waals surface area contributed by atoms with Crippen LogP contribution in [0.15, 0.2) is 0 Å². The molecule has 0 spiro atoms. The first-order valence-electron chi connectivity index (χ1n) is 6.60. The van der Waals surface area contributed by atoms with E-state index in [9.17, 15) is 4.79 Å². The lowest BCUT2D eigenvalue weighted by Gasteiger charge is -2.32. The van der Waals surface area contributed by atoms with Crippen molar-refractivity contribution in [3.8, 4) is 0 Å². The minimum Gasteiger partial charge on any atom is -0.344 e. The van der Waals surface area contributed by atoms with Crippen LogP contribution in [0.25, 0.3) is 0 Å². The maximum atomic E-state index is 12.3. The molecule has 1 rings (SSSR count). The number of carbonyl (C=O) groups is 1. The van der Waals surface area contributed by atoms with Crippen molar-refractivity contribution in [1.82, 2.24) is 14.7 Å². The van der Waals surface area contributed by atoms with Gasteiger partial charge in [0, 0.05) is 39.8 Å². The third-order valence-corrected chi connectivity index (χ3v) is 3.46. The van der Waals surface area contributed by atoms with Crippen LogP contribution in [0.2, 0.25) is 0 Å². The Balaban J connectivity index is 2.84. The van der Waals surface area contributed by atoms with Crippen LogP contribution in [0.3, 0.4) is 0 Å². The molecule has 1 heterocycles. The van der Waals surface area contributed by atoms with Crippen molar-refractivity contribution in [2.24, 2.45) is 11.1 Å². The Labute approximate surface area is 111 Å². The zero-order valence-corrected chi connectivity index (χ0v) is 12.4. The molecule has 5 heteroatoms. The highest BCUT2D eigenvalue weighted by molar-refractivity contribution is 5.82. The zero-order chi connectivity index (χ0) is 13.9. The summed E-state index contributed by atoms with van der Waals surface area (Å²) in [6, 6.07) is -0.170. The van der Waals surface area contributed by atoms with Crippen molar-refractivity contribution >= 4 is 5.91 Å². The first-order chi connectivity index (χ1) is 8.26. The summed E-state index contributed by atoms with van der Waals surface area (Å²) in [4.78, 5) is 18.5. The molecule has 1 atom stereocenters. The Kier molecular flexibility index (Phi) is 5.13. The quantitative estimate of drug-likeness (QED) is 0.749. The molecule has 106 valence electrons. The molecule has 0 aliphatic carbocycles. The maximum Gasteiger partial charge on any atom is 0.241 e. The smallest absolute Gasteiger partial charge is 0.241 e. The van der Waals surface area contributed by atoms with E-state index in [4.69, 9.17) is 5.73 Å². The number of nitrogens with two attached hydrogens (primary N) is 1. The highest BCUT2D eigenvalue weighted by atomic mass is 16.2. The lowest BCUT2D eigenvalue weighted by molar-refractivity contribution is -0.134. The van der Waals surface area contributed by atoms with Crippen LogP contribution in [-0.4, -0.2) is 80.5 Å². The van der Waals surface area contributed by atoms with Gasteiger partial charge in [0.05, 0.1) is 0 Å². The van der Waals surface area contributed by atoms with Crippen molar-refractivity contribution in [1.29, 1.82) is 0 Å². The second kappa shape index (κ2) is 5.99. The SMILES string of the molecule is CN(C)CCN1CC(C)(C)CN(C)C(=O)C1CN. The van der Waals surface area contributed by atoms with Gasteiger partial charge in [0.1, 0.15) is 6.04 Å². The summed E-state index contributed by atoms with van der Waals surface area (Å²) >= 11 is 0. The Morgan fingerprint density at radius 2 is 2.00 bits per heavy atom. The van der Waals surface area contributed by atoms with Crippen molar-refractivity contribution in [3.05, 3.63) is 0 Å². The maximum absolute atomic E-state index is 12.3. The third kappa shape index (κ3) is 3.93. The lowest BCUT2D eigenvalue weighted by Crippen LogP contribution is -2.51. The summed E-state index contributed by atoms with van der Waals surface area (Å²) in [5.41, 5.74) is 5.92. The Morgan fingerprint density at radius 3 is 2.50 bits per heavy atom. The van der Waals surface area contributed by atoms with Crippen LogP contribution >= 0.6 is 0 Å². The normalized spacial score (nSPS) is 25.6.